The summed E-state index contributed by atoms with van der Waals surface area (Å²) in [5.74, 6) is -0.600. The van der Waals surface area contributed by atoms with Gasteiger partial charge in [0.25, 0.3) is 0 Å². The van der Waals surface area contributed by atoms with Crippen molar-refractivity contribution in [2.45, 2.75) is 134 Å². The largest absolute Gasteiger partial charge is 0.497 e. The molecule has 2 heterocycles. The highest BCUT2D eigenvalue weighted by Crippen LogP contribution is 2.39. The molecule has 2 aromatic carbocycles. The van der Waals surface area contributed by atoms with Crippen LogP contribution in [0.4, 0.5) is 4.79 Å². The van der Waals surface area contributed by atoms with Crippen LogP contribution in [0.1, 0.15) is 92.1 Å². The molecule has 18 nitrogen and oxygen atoms in total. The summed E-state index contributed by atoms with van der Waals surface area (Å²) in [6, 6.07) is 9.64. The first-order valence-corrected chi connectivity index (χ1v) is 26.1. The highest BCUT2D eigenvalue weighted by atomic mass is 32.2. The number of fused-ring (bicyclic) bond motifs is 1. The molecule has 2 aliphatic heterocycles. The predicted molar refractivity (Wildman–Crippen MR) is 243 cm³/mol. The average molecular weight is 955 g/mol. The maximum absolute atomic E-state index is 14.6. The Balaban J connectivity index is 1.55. The Kier molecular flexibility index (Phi) is 21.9. The first kappa shape index (κ1) is 53.8. The molecule has 0 aliphatic carbocycles. The molecule has 366 valence electrons. The van der Waals surface area contributed by atoms with Gasteiger partial charge in [-0.2, -0.15) is 4.31 Å². The fraction of sp³-hybridized carbons (Fsp3) is 0.667. The molecule has 7 atom stereocenters. The number of benzene rings is 2. The van der Waals surface area contributed by atoms with Crippen LogP contribution in [-0.2, 0) is 54.3 Å². The van der Waals surface area contributed by atoms with Crippen LogP contribution in [0.15, 0.2) is 53.4 Å². The van der Waals surface area contributed by atoms with E-state index >= 15 is 0 Å². The smallest absolute Gasteiger partial charge is 0.407 e. The molecular weight excluding hydrogens is 884 g/mol. The van der Waals surface area contributed by atoms with Crippen LogP contribution < -0.4 is 25.0 Å². The lowest BCUT2D eigenvalue weighted by molar-refractivity contribution is -0.146. The summed E-state index contributed by atoms with van der Waals surface area (Å²) in [5, 5.41) is 20.5. The molecule has 65 heavy (non-hydrogen) atoms. The molecule has 0 unspecified atom stereocenters. The zero-order valence-corrected chi connectivity index (χ0v) is 40.6. The third kappa shape index (κ3) is 16.5. The van der Waals surface area contributed by atoms with E-state index in [9.17, 15) is 32.5 Å². The van der Waals surface area contributed by atoms with Crippen LogP contribution in [-0.4, -0.2) is 125 Å². The van der Waals surface area contributed by atoms with E-state index in [1.807, 2.05) is 27.7 Å². The van der Waals surface area contributed by atoms with E-state index < -0.39 is 78.5 Å². The molecule has 20 heteroatoms. The molecule has 0 spiro atoms. The van der Waals surface area contributed by atoms with Crippen molar-refractivity contribution in [2.75, 3.05) is 53.0 Å². The number of aliphatic hydroxyl groups is 1. The quantitative estimate of drug-likeness (QED) is 0.0329. The van der Waals surface area contributed by atoms with Gasteiger partial charge in [0.15, 0.2) is 12.6 Å². The summed E-state index contributed by atoms with van der Waals surface area (Å²) < 4.78 is 82.9. The summed E-state index contributed by atoms with van der Waals surface area (Å²) in [6.45, 7) is 12.0. The fourth-order valence-electron chi connectivity index (χ4n) is 7.28. The number of sulfonamides is 1. The number of hydrogen-bond acceptors (Lipinski definition) is 14. The first-order valence-electron chi connectivity index (χ1n) is 22.8. The van der Waals surface area contributed by atoms with E-state index in [4.69, 9.17) is 33.2 Å². The number of rotatable bonds is 29. The van der Waals surface area contributed by atoms with Gasteiger partial charge in [0, 0.05) is 13.1 Å². The van der Waals surface area contributed by atoms with Crippen molar-refractivity contribution < 1.29 is 65.6 Å². The highest BCUT2D eigenvalue weighted by molar-refractivity contribution is 7.89. The third-order valence-electron chi connectivity index (χ3n) is 11.1. The van der Waals surface area contributed by atoms with Crippen molar-refractivity contribution >= 4 is 35.5 Å². The van der Waals surface area contributed by atoms with Crippen LogP contribution in [0.25, 0.3) is 0 Å². The van der Waals surface area contributed by atoms with Gasteiger partial charge in [-0.3, -0.25) is 14.2 Å². The summed E-state index contributed by atoms with van der Waals surface area (Å²) in [6.07, 6.45) is 0.526. The molecular formula is C45H71N4O14PS. The van der Waals surface area contributed by atoms with Crippen molar-refractivity contribution in [3.8, 4) is 11.5 Å². The van der Waals surface area contributed by atoms with E-state index in [1.165, 1.54) is 23.5 Å². The predicted octanol–water partition coefficient (Wildman–Crippen LogP) is 5.75. The SMILES string of the molecule is CCCCOC(=O)[C@H](CC)NP(=O)(COc1ccc(C[C@H](NC(=O)O[C@H]2CO[C@H]3OCC[C@H]32)[C@H](O)CN(CC(C)C)S(=O)(=O)c2ccc(OC)cc2)cc1)N[C@@H](CC)C(=O)OCCCC. The van der Waals surface area contributed by atoms with Crippen molar-refractivity contribution in [1.29, 1.82) is 0 Å². The average Bonchev–Trinajstić information content (AvgIpc) is 3.92. The molecule has 0 saturated carbocycles. The molecule has 0 radical (unpaired) electrons. The van der Waals surface area contributed by atoms with Gasteiger partial charge < -0.3 is 43.6 Å². The first-order chi connectivity index (χ1) is 31.1. The van der Waals surface area contributed by atoms with Gasteiger partial charge >= 0.3 is 18.0 Å². The normalized spacial score (nSPS) is 19.3. The zero-order valence-electron chi connectivity index (χ0n) is 38.9. The number of unbranched alkanes of at least 4 members (excludes halogenated alkanes) is 2. The number of esters is 2. The summed E-state index contributed by atoms with van der Waals surface area (Å²) in [7, 11) is -6.48. The van der Waals surface area contributed by atoms with Crippen LogP contribution in [0.2, 0.25) is 0 Å². The van der Waals surface area contributed by atoms with E-state index in [0.29, 0.717) is 42.9 Å². The third-order valence-corrected chi connectivity index (χ3v) is 14.9. The minimum absolute atomic E-state index is 0.0180. The van der Waals surface area contributed by atoms with Gasteiger partial charge in [-0.05, 0) is 86.4 Å². The topological polar surface area (TPSA) is 227 Å². The van der Waals surface area contributed by atoms with Gasteiger partial charge in [0.2, 0.25) is 17.5 Å². The van der Waals surface area contributed by atoms with Crippen molar-refractivity contribution in [3.05, 3.63) is 54.1 Å². The Hall–Kier alpha value is -3.81. The van der Waals surface area contributed by atoms with Crippen LogP contribution in [0.5, 0.6) is 11.5 Å². The zero-order chi connectivity index (χ0) is 47.6. The minimum Gasteiger partial charge on any atom is -0.497 e. The molecule has 4 N–H and O–H groups in total. The number of nitrogens with zero attached hydrogens (tertiary/aromatic N) is 1. The molecule has 2 fully saturated rings. The number of hydrogen-bond donors (Lipinski definition) is 4. The second-order valence-corrected chi connectivity index (χ2v) is 21.0. The van der Waals surface area contributed by atoms with E-state index in [-0.39, 0.29) is 68.9 Å². The lowest BCUT2D eigenvalue weighted by Crippen LogP contribution is -2.51. The van der Waals surface area contributed by atoms with Crippen molar-refractivity contribution in [2.24, 2.45) is 11.8 Å². The van der Waals surface area contributed by atoms with Gasteiger partial charge in [0.1, 0.15) is 29.7 Å². The molecule has 2 saturated heterocycles. The van der Waals surface area contributed by atoms with E-state index in [0.717, 1.165) is 12.8 Å². The number of alkyl carbamates (subject to hydrolysis) is 1. The van der Waals surface area contributed by atoms with Crippen LogP contribution >= 0.6 is 7.44 Å². The molecule has 0 bridgehead atoms. The van der Waals surface area contributed by atoms with Crippen molar-refractivity contribution in [1.82, 2.24) is 19.8 Å². The maximum atomic E-state index is 14.6. The number of ether oxygens (including phenoxy) is 7. The second kappa shape index (κ2) is 26.5. The molecule has 2 aliphatic rings. The van der Waals surface area contributed by atoms with Crippen LogP contribution in [0, 0.1) is 11.8 Å². The van der Waals surface area contributed by atoms with Gasteiger partial charge in [0.05, 0.1) is 56.5 Å². The van der Waals surface area contributed by atoms with Gasteiger partial charge in [-0.1, -0.05) is 66.5 Å². The Labute approximate surface area is 384 Å². The minimum atomic E-state index is -4.10. The molecule has 4 rings (SSSR count). The van der Waals surface area contributed by atoms with Crippen molar-refractivity contribution in [3.63, 3.8) is 0 Å². The maximum Gasteiger partial charge on any atom is 0.407 e. The lowest BCUT2D eigenvalue weighted by Gasteiger charge is -2.31. The van der Waals surface area contributed by atoms with E-state index in [1.54, 1.807) is 50.2 Å². The number of methoxy groups -OCH3 is 1. The van der Waals surface area contributed by atoms with Gasteiger partial charge in [-0.25, -0.2) is 23.4 Å². The van der Waals surface area contributed by atoms with E-state index in [2.05, 4.69) is 15.5 Å². The Morgan fingerprint density at radius 3 is 1.98 bits per heavy atom. The monoisotopic (exact) mass is 954 g/mol. The molecule has 1 amide bonds. The Bertz CT molecular complexity index is 1900. The Morgan fingerprint density at radius 1 is 0.862 bits per heavy atom. The highest BCUT2D eigenvalue weighted by Gasteiger charge is 2.44. The van der Waals surface area contributed by atoms with Gasteiger partial charge in [-0.15, -0.1) is 0 Å². The number of carbonyl (C=O) groups is 3. The summed E-state index contributed by atoms with van der Waals surface area (Å²) in [4.78, 5) is 39.5. The number of nitrogens with one attached hydrogen (secondary N) is 3. The molecule has 2 aromatic rings. The second-order valence-electron chi connectivity index (χ2n) is 16.8. The summed E-state index contributed by atoms with van der Waals surface area (Å²) in [5.41, 5.74) is 0.629. The fourth-order valence-corrected chi connectivity index (χ4v) is 11.0. The van der Waals surface area contributed by atoms with Crippen LogP contribution in [0.3, 0.4) is 0 Å². The number of carbonyl (C=O) groups excluding carboxylic acids is 3. The number of aliphatic hydroxyl groups excluding tert-OH is 1. The molecule has 0 aromatic heterocycles. The Morgan fingerprint density at radius 2 is 1.45 bits per heavy atom. The number of amides is 1. The lowest BCUT2D eigenvalue weighted by atomic mass is 10.0. The summed E-state index contributed by atoms with van der Waals surface area (Å²) >= 11 is 0. The standard InChI is InChI=1S/C45H71N4O14PS/c1-8-12-23-58-42(51)37(10-3)47-64(54,48-38(11-4)43(52)59-24-13-9-2)30-62-34-16-14-32(15-17-34)26-39(46-45(53)63-41-29-61-44-36(41)22-25-60-44)40(50)28-49(27-31(5)6)65(55,56)35-20-18-33(57-7)19-21-35/h14-21,31,36-41,44,50H,8-13,22-30H2,1-7H3,(H,46,53)(H2,47,48,54)/t36-,37-,38-,39-,40+,41-,44+/m0/s1.